The monoisotopic (exact) mass is 274 g/mol. The third-order valence-corrected chi connectivity index (χ3v) is 5.32. The first-order valence-electron chi connectivity index (χ1n) is 6.49. The molecule has 0 aromatic heterocycles. The second-order valence-electron chi connectivity index (χ2n) is 4.33. The van der Waals surface area contributed by atoms with E-state index >= 15 is 0 Å². The summed E-state index contributed by atoms with van der Waals surface area (Å²) in [5.41, 5.74) is -0.0595. The van der Waals surface area contributed by atoms with E-state index in [1.165, 1.54) is 5.28 Å². The second kappa shape index (κ2) is 12.0. The zero-order chi connectivity index (χ0) is 13.7. The maximum atomic E-state index is 6.19. The van der Waals surface area contributed by atoms with Gasteiger partial charge in [0.05, 0.1) is 0 Å². The molecule has 1 nitrogen and oxygen atoms in total. The summed E-state index contributed by atoms with van der Waals surface area (Å²) < 4.78 is 6.19. The molecule has 0 heterocycles. The van der Waals surface area contributed by atoms with Crippen molar-refractivity contribution in [1.29, 1.82) is 0 Å². The van der Waals surface area contributed by atoms with Gasteiger partial charge in [-0.2, -0.15) is 0 Å². The summed E-state index contributed by atoms with van der Waals surface area (Å²) in [7, 11) is 0. The Kier molecular flexibility index (Phi) is 12.0. The van der Waals surface area contributed by atoms with Gasteiger partial charge in [0, 0.05) is 5.60 Å². The molecule has 0 aliphatic rings. The van der Waals surface area contributed by atoms with Crippen LogP contribution in [0.4, 0.5) is 0 Å². The van der Waals surface area contributed by atoms with E-state index < -0.39 is 0 Å². The molecule has 0 saturated heterocycles. The molecule has 0 aromatic rings. The molecule has 0 amide bonds. The molecular weight excluding hydrogens is 250 g/mol. The Morgan fingerprint density at radius 2 is 1.50 bits per heavy atom. The SMILES string of the molecule is C=C[CH2][Al][CH2]CC(CC=C)(CC=C)[O][Al][CH2]C=C. The maximum absolute atomic E-state index is 6.19. The molecule has 0 unspecified atom stereocenters. The Hall–Kier alpha value is -0.0151. The van der Waals surface area contributed by atoms with Crippen molar-refractivity contribution in [3.8, 4) is 0 Å². The van der Waals surface area contributed by atoms with Gasteiger partial charge in [0.25, 0.3) is 0 Å². The fourth-order valence-electron chi connectivity index (χ4n) is 1.86. The van der Waals surface area contributed by atoms with Gasteiger partial charge in [-0.1, -0.05) is 22.7 Å². The van der Waals surface area contributed by atoms with Crippen LogP contribution in [0, 0.1) is 0 Å². The van der Waals surface area contributed by atoms with E-state index in [1.54, 1.807) is 0 Å². The van der Waals surface area contributed by atoms with Crippen molar-refractivity contribution in [2.75, 3.05) is 0 Å². The van der Waals surface area contributed by atoms with Crippen LogP contribution in [-0.4, -0.2) is 36.4 Å². The molecule has 0 aromatic carbocycles. The third-order valence-electron chi connectivity index (χ3n) is 2.77. The zero-order valence-corrected chi connectivity index (χ0v) is 13.8. The van der Waals surface area contributed by atoms with Crippen LogP contribution in [0.2, 0.25) is 15.8 Å². The molecule has 0 N–H and O–H groups in total. The minimum absolute atomic E-state index is 0.00324. The maximum Gasteiger partial charge on any atom is 0.428 e. The van der Waals surface area contributed by atoms with Crippen LogP contribution in [0.25, 0.3) is 0 Å². The molecule has 18 heavy (non-hydrogen) atoms. The molecule has 0 fully saturated rings. The van der Waals surface area contributed by atoms with Crippen molar-refractivity contribution in [3.05, 3.63) is 50.6 Å². The van der Waals surface area contributed by atoms with Crippen molar-refractivity contribution in [2.45, 2.75) is 40.7 Å². The predicted molar refractivity (Wildman–Crippen MR) is 84.4 cm³/mol. The molecule has 0 rings (SSSR count). The summed E-state index contributed by atoms with van der Waals surface area (Å²) in [5, 5.41) is 3.40. The summed E-state index contributed by atoms with van der Waals surface area (Å²) in [6, 6.07) is 0. The van der Waals surface area contributed by atoms with Crippen LogP contribution in [0.3, 0.4) is 0 Å². The summed E-state index contributed by atoms with van der Waals surface area (Å²) in [5.74, 6) is 0. The van der Waals surface area contributed by atoms with E-state index in [0.717, 1.165) is 29.8 Å². The highest BCUT2D eigenvalue weighted by atomic mass is 27.1. The average Bonchev–Trinajstić information content (AvgIpc) is 2.36. The standard InChI is InChI=1S/C9H14O.2C3H5.2Al/c1-4-7-9(10,6-3)8-5-2;2*1-3-2;;/h4-5H,1-3,6-8H2;2*3H,1-2H2;;/q-1;;;;+1. The number of allylic oxidation sites excluding steroid dienone is 2. The number of rotatable bonds is 13. The van der Waals surface area contributed by atoms with Crippen molar-refractivity contribution in [3.63, 3.8) is 0 Å². The second-order valence-corrected chi connectivity index (χ2v) is 7.00. The van der Waals surface area contributed by atoms with Crippen LogP contribution in [0.1, 0.15) is 19.3 Å². The van der Waals surface area contributed by atoms with Gasteiger partial charge < -0.3 is 3.79 Å². The lowest BCUT2D eigenvalue weighted by atomic mass is 9.92. The molecule has 2 radical (unpaired) electrons. The van der Waals surface area contributed by atoms with Crippen LogP contribution in [0.5, 0.6) is 0 Å². The van der Waals surface area contributed by atoms with Crippen LogP contribution in [0.15, 0.2) is 50.6 Å². The molecule has 0 aliphatic heterocycles. The van der Waals surface area contributed by atoms with E-state index in [9.17, 15) is 0 Å². The Morgan fingerprint density at radius 3 is 2.00 bits per heavy atom. The molecule has 0 aliphatic carbocycles. The van der Waals surface area contributed by atoms with Crippen molar-refractivity contribution >= 4 is 30.8 Å². The smallest absolute Gasteiger partial charge is 0.428 e. The Morgan fingerprint density at radius 1 is 0.889 bits per heavy atom. The van der Waals surface area contributed by atoms with E-state index in [1.807, 2.05) is 24.3 Å². The van der Waals surface area contributed by atoms with Gasteiger partial charge in [0.1, 0.15) is 0 Å². The van der Waals surface area contributed by atoms with Crippen LogP contribution in [-0.2, 0) is 3.79 Å². The van der Waals surface area contributed by atoms with Gasteiger partial charge in [-0.15, -0.1) is 43.8 Å². The molecule has 96 valence electrons. The van der Waals surface area contributed by atoms with Gasteiger partial charge in [-0.3, -0.25) is 0 Å². The fourth-order valence-corrected chi connectivity index (χ4v) is 3.96. The Balaban J connectivity index is 4.39. The van der Waals surface area contributed by atoms with Crippen LogP contribution < -0.4 is 0 Å². The quantitative estimate of drug-likeness (QED) is 0.277. The molecular formula is C15H24Al2O. The highest BCUT2D eigenvalue weighted by Crippen LogP contribution is 2.28. The highest BCUT2D eigenvalue weighted by Gasteiger charge is 2.26. The van der Waals surface area contributed by atoms with Crippen molar-refractivity contribution < 1.29 is 3.79 Å². The van der Waals surface area contributed by atoms with Crippen LogP contribution >= 0.6 is 0 Å². The first-order chi connectivity index (χ1) is 8.74. The summed E-state index contributed by atoms with van der Waals surface area (Å²) >= 11 is 0.464. The number of hydrogen-bond donors (Lipinski definition) is 0. The van der Waals surface area contributed by atoms with Gasteiger partial charge in [0.2, 0.25) is 15.2 Å². The molecule has 0 saturated carbocycles. The zero-order valence-electron chi connectivity index (χ0n) is 11.4. The summed E-state index contributed by atoms with van der Waals surface area (Å²) in [6.45, 7) is 15.3. The van der Waals surface area contributed by atoms with Gasteiger partial charge in [-0.25, -0.2) is 0 Å². The minimum atomic E-state index is -0.0595. The van der Waals surface area contributed by atoms with E-state index in [0.29, 0.717) is 15.2 Å². The largest absolute Gasteiger partial charge is 0.501 e. The van der Waals surface area contributed by atoms with E-state index in [4.69, 9.17) is 3.79 Å². The Bertz CT molecular complexity index is 251. The summed E-state index contributed by atoms with van der Waals surface area (Å²) in [4.78, 5) is 0. The molecule has 0 spiro atoms. The van der Waals surface area contributed by atoms with Gasteiger partial charge in [-0.05, 0) is 19.3 Å². The fraction of sp³-hybridized carbons (Fsp3) is 0.467. The van der Waals surface area contributed by atoms with Gasteiger partial charge in [0.15, 0.2) is 0 Å². The molecule has 0 atom stereocenters. The number of hydrogen-bond acceptors (Lipinski definition) is 1. The topological polar surface area (TPSA) is 9.23 Å². The lowest BCUT2D eigenvalue weighted by molar-refractivity contribution is 0.0757. The van der Waals surface area contributed by atoms with Crippen molar-refractivity contribution in [1.82, 2.24) is 0 Å². The average molecular weight is 274 g/mol. The normalized spacial score (nSPS) is 10.4. The third kappa shape index (κ3) is 8.15. The van der Waals surface area contributed by atoms with E-state index in [2.05, 4.69) is 26.3 Å². The minimum Gasteiger partial charge on any atom is -0.501 e. The van der Waals surface area contributed by atoms with E-state index in [-0.39, 0.29) is 21.2 Å². The first-order valence-corrected chi connectivity index (χ1v) is 9.41. The summed E-state index contributed by atoms with van der Waals surface area (Å²) in [6.07, 6.45) is 10.8. The van der Waals surface area contributed by atoms with Crippen molar-refractivity contribution in [2.24, 2.45) is 0 Å². The lowest BCUT2D eigenvalue weighted by Gasteiger charge is -2.34. The molecule has 3 heteroatoms. The lowest BCUT2D eigenvalue weighted by Crippen LogP contribution is -2.33. The highest BCUT2D eigenvalue weighted by molar-refractivity contribution is 6.36. The first kappa shape index (κ1) is 18.0. The predicted octanol–water partition coefficient (Wildman–Crippen LogP) is 4.23. The Labute approximate surface area is 125 Å². The molecule has 0 bridgehead atoms. The van der Waals surface area contributed by atoms with Gasteiger partial charge >= 0.3 is 15.6 Å².